The minimum absolute atomic E-state index is 0.0284. The Balaban J connectivity index is 1.93. The molecule has 0 spiro atoms. The number of alkyl halides is 3. The van der Waals surface area contributed by atoms with E-state index in [9.17, 15) is 18.0 Å². The maximum atomic E-state index is 12.7. The fourth-order valence-electron chi connectivity index (χ4n) is 2.82. The molecule has 1 amide bonds. The van der Waals surface area contributed by atoms with Gasteiger partial charge in [-0.1, -0.05) is 18.2 Å². The van der Waals surface area contributed by atoms with Crippen molar-refractivity contribution in [2.45, 2.75) is 25.4 Å². The van der Waals surface area contributed by atoms with E-state index < -0.39 is 11.7 Å². The van der Waals surface area contributed by atoms with E-state index in [1.807, 2.05) is 7.05 Å². The highest BCUT2D eigenvalue weighted by Gasteiger charge is 2.30. The molecule has 3 nitrogen and oxygen atoms in total. The molecule has 0 atom stereocenters. The molecule has 122 valence electrons. The van der Waals surface area contributed by atoms with Crippen LogP contribution in [0.15, 0.2) is 24.3 Å². The van der Waals surface area contributed by atoms with Crippen molar-refractivity contribution in [2.75, 3.05) is 26.7 Å². The van der Waals surface area contributed by atoms with E-state index in [1.165, 1.54) is 6.07 Å². The highest BCUT2D eigenvalue weighted by atomic mass is 19.4. The monoisotopic (exact) mass is 314 g/mol. The molecule has 6 heteroatoms. The fourth-order valence-corrected chi connectivity index (χ4v) is 2.82. The van der Waals surface area contributed by atoms with Gasteiger partial charge in [-0.2, -0.15) is 13.2 Å². The highest BCUT2D eigenvalue weighted by molar-refractivity contribution is 5.78. The van der Waals surface area contributed by atoms with Crippen molar-refractivity contribution in [1.82, 2.24) is 10.2 Å². The van der Waals surface area contributed by atoms with Gasteiger partial charge < -0.3 is 10.2 Å². The molecular weight excluding hydrogens is 293 g/mol. The molecule has 1 N–H and O–H groups in total. The van der Waals surface area contributed by atoms with Crippen LogP contribution in [0.25, 0.3) is 0 Å². The summed E-state index contributed by atoms with van der Waals surface area (Å²) >= 11 is 0. The topological polar surface area (TPSA) is 32.3 Å². The first-order chi connectivity index (χ1) is 10.4. The number of benzene rings is 1. The first-order valence-corrected chi connectivity index (χ1v) is 7.48. The van der Waals surface area contributed by atoms with Crippen LogP contribution in [0.1, 0.15) is 24.0 Å². The van der Waals surface area contributed by atoms with E-state index in [0.29, 0.717) is 24.6 Å². The molecule has 1 heterocycles. The number of likely N-dealkylation sites (tertiary alicyclic amines) is 1. The number of hydrogen-bond donors (Lipinski definition) is 1. The van der Waals surface area contributed by atoms with E-state index >= 15 is 0 Å². The maximum absolute atomic E-state index is 12.7. The Labute approximate surface area is 128 Å². The third kappa shape index (κ3) is 4.47. The van der Waals surface area contributed by atoms with Gasteiger partial charge in [0.05, 0.1) is 12.0 Å². The molecule has 0 saturated carbocycles. The van der Waals surface area contributed by atoms with Crippen LogP contribution in [0.5, 0.6) is 0 Å². The maximum Gasteiger partial charge on any atom is 0.416 e. The van der Waals surface area contributed by atoms with Crippen molar-refractivity contribution in [2.24, 2.45) is 5.92 Å². The lowest BCUT2D eigenvalue weighted by molar-refractivity contribution is -0.138. The van der Waals surface area contributed by atoms with Gasteiger partial charge in [-0.05, 0) is 44.0 Å². The van der Waals surface area contributed by atoms with Crippen molar-refractivity contribution in [3.63, 3.8) is 0 Å². The lowest BCUT2D eigenvalue weighted by atomic mass is 9.96. The van der Waals surface area contributed by atoms with E-state index in [4.69, 9.17) is 0 Å². The summed E-state index contributed by atoms with van der Waals surface area (Å²) in [6.45, 7) is 2.31. The number of amides is 1. The number of rotatable bonds is 4. The standard InChI is InChI=1S/C16H21F3N2O/c1-20-11-12-5-7-21(8-6-12)15(22)10-13-3-2-4-14(9-13)16(17,18)19/h2-4,9,12,20H,5-8,10-11H2,1H3. The van der Waals surface area contributed by atoms with Crippen LogP contribution in [-0.4, -0.2) is 37.5 Å². The molecule has 1 saturated heterocycles. The number of hydrogen-bond acceptors (Lipinski definition) is 2. The van der Waals surface area contributed by atoms with Crippen LogP contribution < -0.4 is 5.32 Å². The molecule has 1 aromatic rings. The normalized spacial score (nSPS) is 16.8. The van der Waals surface area contributed by atoms with Gasteiger partial charge in [0.2, 0.25) is 5.91 Å². The minimum Gasteiger partial charge on any atom is -0.342 e. The summed E-state index contributed by atoms with van der Waals surface area (Å²) in [6, 6.07) is 5.01. The van der Waals surface area contributed by atoms with Crippen LogP contribution in [0.2, 0.25) is 0 Å². The zero-order valence-corrected chi connectivity index (χ0v) is 12.6. The molecule has 0 radical (unpaired) electrons. The number of piperidine rings is 1. The molecule has 0 aliphatic carbocycles. The Bertz CT molecular complexity index is 508. The Morgan fingerprint density at radius 3 is 2.59 bits per heavy atom. The molecule has 0 aromatic heterocycles. The van der Waals surface area contributed by atoms with Crippen LogP contribution in [-0.2, 0) is 17.4 Å². The number of nitrogens with zero attached hydrogens (tertiary/aromatic N) is 1. The summed E-state index contributed by atoms with van der Waals surface area (Å²) in [5, 5.41) is 3.13. The van der Waals surface area contributed by atoms with Gasteiger partial charge in [0.15, 0.2) is 0 Å². The van der Waals surface area contributed by atoms with Gasteiger partial charge in [-0.15, -0.1) is 0 Å². The lowest BCUT2D eigenvalue weighted by Gasteiger charge is -2.32. The molecule has 2 rings (SSSR count). The van der Waals surface area contributed by atoms with Crippen molar-refractivity contribution >= 4 is 5.91 Å². The zero-order valence-electron chi connectivity index (χ0n) is 12.6. The first kappa shape index (κ1) is 16.8. The summed E-state index contributed by atoms with van der Waals surface area (Å²) < 4.78 is 38.0. The largest absolute Gasteiger partial charge is 0.416 e. The van der Waals surface area contributed by atoms with Gasteiger partial charge >= 0.3 is 6.18 Å². The summed E-state index contributed by atoms with van der Waals surface area (Å²) in [7, 11) is 1.91. The number of nitrogens with one attached hydrogen (secondary N) is 1. The molecule has 22 heavy (non-hydrogen) atoms. The van der Waals surface area contributed by atoms with Crippen LogP contribution in [0.3, 0.4) is 0 Å². The molecule has 1 fully saturated rings. The van der Waals surface area contributed by atoms with Crippen molar-refractivity contribution in [3.8, 4) is 0 Å². The second-order valence-electron chi connectivity index (χ2n) is 5.76. The van der Waals surface area contributed by atoms with Gasteiger partial charge in [-0.25, -0.2) is 0 Å². The smallest absolute Gasteiger partial charge is 0.342 e. The third-order valence-corrected chi connectivity index (χ3v) is 4.07. The zero-order chi connectivity index (χ0) is 16.2. The van der Waals surface area contributed by atoms with Crippen LogP contribution in [0.4, 0.5) is 13.2 Å². The third-order valence-electron chi connectivity index (χ3n) is 4.07. The van der Waals surface area contributed by atoms with Gasteiger partial charge in [-0.3, -0.25) is 4.79 Å². The number of halogens is 3. The summed E-state index contributed by atoms with van der Waals surface area (Å²) in [4.78, 5) is 14.0. The van der Waals surface area contributed by atoms with Crippen LogP contribution in [0, 0.1) is 5.92 Å². The first-order valence-electron chi connectivity index (χ1n) is 7.48. The molecular formula is C16H21F3N2O. The van der Waals surface area contributed by atoms with Crippen molar-refractivity contribution in [1.29, 1.82) is 0 Å². The van der Waals surface area contributed by atoms with E-state index in [0.717, 1.165) is 31.5 Å². The fraction of sp³-hybridized carbons (Fsp3) is 0.562. The van der Waals surface area contributed by atoms with Gasteiger partial charge in [0, 0.05) is 13.1 Å². The summed E-state index contributed by atoms with van der Waals surface area (Å²) in [5.74, 6) is 0.477. The Morgan fingerprint density at radius 2 is 2.00 bits per heavy atom. The molecule has 0 unspecified atom stereocenters. The molecule has 1 aliphatic rings. The quantitative estimate of drug-likeness (QED) is 0.927. The number of carbonyl (C=O) groups excluding carboxylic acids is 1. The number of carbonyl (C=O) groups is 1. The van der Waals surface area contributed by atoms with E-state index in [2.05, 4.69) is 5.32 Å². The Hall–Kier alpha value is -1.56. The van der Waals surface area contributed by atoms with Gasteiger partial charge in [0.1, 0.15) is 0 Å². The van der Waals surface area contributed by atoms with Crippen LogP contribution >= 0.6 is 0 Å². The summed E-state index contributed by atoms with van der Waals surface area (Å²) in [5.41, 5.74) is -0.289. The van der Waals surface area contributed by atoms with Crippen molar-refractivity contribution < 1.29 is 18.0 Å². The second-order valence-corrected chi connectivity index (χ2v) is 5.76. The Morgan fingerprint density at radius 1 is 1.32 bits per heavy atom. The van der Waals surface area contributed by atoms with Crippen molar-refractivity contribution in [3.05, 3.63) is 35.4 Å². The minimum atomic E-state index is -4.37. The molecule has 0 bridgehead atoms. The predicted molar refractivity (Wildman–Crippen MR) is 78.4 cm³/mol. The van der Waals surface area contributed by atoms with Gasteiger partial charge in [0.25, 0.3) is 0 Å². The molecule has 1 aromatic carbocycles. The summed E-state index contributed by atoms with van der Waals surface area (Å²) in [6.07, 6.45) is -2.46. The van der Waals surface area contributed by atoms with E-state index in [1.54, 1.807) is 11.0 Å². The average molecular weight is 314 g/mol. The van der Waals surface area contributed by atoms with E-state index in [-0.39, 0.29) is 12.3 Å². The highest BCUT2D eigenvalue weighted by Crippen LogP contribution is 2.29. The average Bonchev–Trinajstić information content (AvgIpc) is 2.48. The Kier molecular flexibility index (Phi) is 5.45. The predicted octanol–water partition coefficient (Wildman–Crippen LogP) is 2.71. The second kappa shape index (κ2) is 7.13. The SMILES string of the molecule is CNCC1CCN(C(=O)Cc2cccc(C(F)(F)F)c2)CC1. The lowest BCUT2D eigenvalue weighted by Crippen LogP contribution is -2.41. The molecule has 1 aliphatic heterocycles.